The number of ether oxygens (including phenoxy) is 2. The molecule has 0 saturated carbocycles. The van der Waals surface area contributed by atoms with E-state index in [1.807, 2.05) is 42.5 Å². The Kier molecular flexibility index (Phi) is 5.97. The van der Waals surface area contributed by atoms with Crippen LogP contribution in [0.2, 0.25) is 0 Å². The molecule has 170 valence electrons. The molecule has 0 bridgehead atoms. The second-order valence-electron chi connectivity index (χ2n) is 8.01. The zero-order chi connectivity index (χ0) is 22.8. The van der Waals surface area contributed by atoms with Crippen LogP contribution >= 0.6 is 11.3 Å². The summed E-state index contributed by atoms with van der Waals surface area (Å²) in [4.78, 5) is 33.6. The van der Waals surface area contributed by atoms with E-state index in [1.165, 1.54) is 11.3 Å². The zero-order valence-corrected chi connectivity index (χ0v) is 19.0. The Morgan fingerprint density at radius 3 is 2.91 bits per heavy atom. The van der Waals surface area contributed by atoms with Crippen LogP contribution in [-0.4, -0.2) is 72.5 Å². The summed E-state index contributed by atoms with van der Waals surface area (Å²) >= 11 is 1.34. The summed E-state index contributed by atoms with van der Waals surface area (Å²) in [5.74, 6) is 1.21. The van der Waals surface area contributed by atoms with Crippen molar-refractivity contribution in [3.05, 3.63) is 59.0 Å². The molecule has 0 aliphatic carbocycles. The molecule has 1 N–H and O–H groups in total. The van der Waals surface area contributed by atoms with Crippen LogP contribution in [0.3, 0.4) is 0 Å². The van der Waals surface area contributed by atoms with Gasteiger partial charge in [0.25, 0.3) is 5.91 Å². The SMILES string of the molecule is COc1cccc(-c2ccc3c(c2)NC(=O)CN2CCN(C(=O)c4nccs4)C[C@@H]2CO3)c1. The fourth-order valence-electron chi connectivity index (χ4n) is 4.20. The number of aromatic nitrogens is 1. The Bertz CT molecular complexity index is 1170. The van der Waals surface area contributed by atoms with E-state index in [0.29, 0.717) is 42.7 Å². The van der Waals surface area contributed by atoms with Crippen molar-refractivity contribution in [2.24, 2.45) is 0 Å². The molecular formula is C24H24N4O4S. The first-order chi connectivity index (χ1) is 16.1. The lowest BCUT2D eigenvalue weighted by atomic mass is 10.0. The van der Waals surface area contributed by atoms with Crippen LogP contribution < -0.4 is 14.8 Å². The lowest BCUT2D eigenvalue weighted by Crippen LogP contribution is -2.57. The van der Waals surface area contributed by atoms with E-state index < -0.39 is 0 Å². The third-order valence-corrected chi connectivity index (χ3v) is 6.70. The van der Waals surface area contributed by atoms with Crippen molar-refractivity contribution in [1.82, 2.24) is 14.8 Å². The van der Waals surface area contributed by atoms with Crippen LogP contribution in [0.5, 0.6) is 11.5 Å². The highest BCUT2D eigenvalue weighted by molar-refractivity contribution is 7.11. The van der Waals surface area contributed by atoms with Crippen LogP contribution in [-0.2, 0) is 4.79 Å². The van der Waals surface area contributed by atoms with E-state index in [2.05, 4.69) is 15.2 Å². The third-order valence-electron chi connectivity index (χ3n) is 5.94. The molecule has 3 aromatic rings. The molecule has 33 heavy (non-hydrogen) atoms. The molecule has 2 aliphatic rings. The van der Waals surface area contributed by atoms with Gasteiger partial charge in [0.2, 0.25) is 5.91 Å². The molecule has 2 aromatic carbocycles. The Morgan fingerprint density at radius 2 is 2.09 bits per heavy atom. The van der Waals surface area contributed by atoms with E-state index in [4.69, 9.17) is 9.47 Å². The number of nitrogens with zero attached hydrogens (tertiary/aromatic N) is 3. The van der Waals surface area contributed by atoms with Crippen LogP contribution in [0.25, 0.3) is 11.1 Å². The fourth-order valence-corrected chi connectivity index (χ4v) is 4.81. The fraction of sp³-hybridized carbons (Fsp3) is 0.292. The van der Waals surface area contributed by atoms with Gasteiger partial charge in [-0.3, -0.25) is 14.5 Å². The normalized spacial score (nSPS) is 18.6. The van der Waals surface area contributed by atoms with Crippen LogP contribution in [0.15, 0.2) is 54.0 Å². The van der Waals surface area contributed by atoms with E-state index >= 15 is 0 Å². The number of thiazole rings is 1. The van der Waals surface area contributed by atoms with Gasteiger partial charge in [-0.25, -0.2) is 4.98 Å². The molecule has 0 unspecified atom stereocenters. The van der Waals surface area contributed by atoms with Crippen LogP contribution in [0.1, 0.15) is 9.80 Å². The molecule has 0 spiro atoms. The Morgan fingerprint density at radius 1 is 1.21 bits per heavy atom. The van der Waals surface area contributed by atoms with Gasteiger partial charge in [-0.15, -0.1) is 11.3 Å². The predicted octanol–water partition coefficient (Wildman–Crippen LogP) is 2.98. The third kappa shape index (κ3) is 4.55. The molecule has 2 aliphatic heterocycles. The van der Waals surface area contributed by atoms with Gasteiger partial charge in [0.05, 0.1) is 25.4 Å². The summed E-state index contributed by atoms with van der Waals surface area (Å²) < 4.78 is 11.5. The van der Waals surface area contributed by atoms with Crippen molar-refractivity contribution >= 4 is 28.8 Å². The summed E-state index contributed by atoms with van der Waals surface area (Å²) in [6.07, 6.45) is 1.64. The van der Waals surface area contributed by atoms with E-state index in [0.717, 1.165) is 16.9 Å². The highest BCUT2D eigenvalue weighted by Crippen LogP contribution is 2.33. The minimum absolute atomic E-state index is 0.0719. The van der Waals surface area contributed by atoms with Gasteiger partial charge in [-0.1, -0.05) is 18.2 Å². The van der Waals surface area contributed by atoms with Gasteiger partial charge >= 0.3 is 0 Å². The molecule has 1 atom stereocenters. The van der Waals surface area contributed by atoms with Gasteiger partial charge in [0.1, 0.15) is 18.1 Å². The number of rotatable bonds is 3. The second-order valence-corrected chi connectivity index (χ2v) is 8.91. The van der Waals surface area contributed by atoms with E-state index in [-0.39, 0.29) is 24.4 Å². The monoisotopic (exact) mass is 464 g/mol. The van der Waals surface area contributed by atoms with Gasteiger partial charge in [0.15, 0.2) is 5.01 Å². The highest BCUT2D eigenvalue weighted by atomic mass is 32.1. The van der Waals surface area contributed by atoms with Crippen LogP contribution in [0.4, 0.5) is 5.69 Å². The van der Waals surface area contributed by atoms with E-state index in [9.17, 15) is 9.59 Å². The zero-order valence-electron chi connectivity index (χ0n) is 18.2. The van der Waals surface area contributed by atoms with Crippen LogP contribution in [0, 0.1) is 0 Å². The Balaban J connectivity index is 1.37. The molecule has 2 amide bonds. The molecule has 0 radical (unpaired) electrons. The average Bonchev–Trinajstić information content (AvgIpc) is 3.39. The number of hydrogen-bond acceptors (Lipinski definition) is 7. The number of carbonyl (C=O) groups excluding carboxylic acids is 2. The summed E-state index contributed by atoms with van der Waals surface area (Å²) in [5, 5.41) is 5.29. The number of nitrogens with one attached hydrogen (secondary N) is 1. The standard InChI is InChI=1S/C24H24N4O4S/c1-31-19-4-2-3-16(11-19)17-5-6-21-20(12-17)26-22(29)14-27-8-9-28(13-18(27)15-32-21)24(30)23-25-7-10-33-23/h2-7,10-12,18H,8-9,13-15H2,1H3,(H,26,29)/t18-/m1/s1. The summed E-state index contributed by atoms with van der Waals surface area (Å²) in [6, 6.07) is 13.5. The topological polar surface area (TPSA) is 84.0 Å². The Labute approximate surface area is 195 Å². The first-order valence-corrected chi connectivity index (χ1v) is 11.6. The van der Waals surface area contributed by atoms with Gasteiger partial charge < -0.3 is 19.7 Å². The van der Waals surface area contributed by atoms with Gasteiger partial charge in [-0.2, -0.15) is 0 Å². The van der Waals surface area contributed by atoms with Crippen molar-refractivity contribution in [1.29, 1.82) is 0 Å². The first kappa shape index (κ1) is 21.4. The summed E-state index contributed by atoms with van der Waals surface area (Å²) in [7, 11) is 1.64. The number of amides is 2. The molecule has 5 rings (SSSR count). The number of anilines is 1. The van der Waals surface area contributed by atoms with Crippen molar-refractivity contribution in [3.8, 4) is 22.6 Å². The molecule has 8 nitrogen and oxygen atoms in total. The van der Waals surface area contributed by atoms with Crippen molar-refractivity contribution in [3.63, 3.8) is 0 Å². The molecule has 3 heterocycles. The summed E-state index contributed by atoms with van der Waals surface area (Å²) in [6.45, 7) is 2.26. The Hall–Kier alpha value is -3.43. The smallest absolute Gasteiger partial charge is 0.282 e. The summed E-state index contributed by atoms with van der Waals surface area (Å²) in [5.41, 5.74) is 2.57. The molecule has 9 heteroatoms. The molecule has 1 fully saturated rings. The minimum atomic E-state index is -0.103. The van der Waals surface area contributed by atoms with Crippen molar-refractivity contribution in [2.75, 3.05) is 45.2 Å². The number of piperazine rings is 1. The molecular weight excluding hydrogens is 440 g/mol. The maximum Gasteiger partial charge on any atom is 0.282 e. The number of hydrogen-bond donors (Lipinski definition) is 1. The molecule has 1 saturated heterocycles. The first-order valence-electron chi connectivity index (χ1n) is 10.7. The number of carbonyl (C=O) groups is 2. The number of fused-ring (bicyclic) bond motifs is 2. The predicted molar refractivity (Wildman–Crippen MR) is 126 cm³/mol. The average molecular weight is 465 g/mol. The lowest BCUT2D eigenvalue weighted by Gasteiger charge is -2.40. The lowest BCUT2D eigenvalue weighted by molar-refractivity contribution is -0.118. The maximum absolute atomic E-state index is 12.8. The number of methoxy groups -OCH3 is 1. The van der Waals surface area contributed by atoms with Crippen molar-refractivity contribution in [2.45, 2.75) is 6.04 Å². The maximum atomic E-state index is 12.8. The van der Waals surface area contributed by atoms with Gasteiger partial charge in [-0.05, 0) is 35.4 Å². The number of benzene rings is 2. The largest absolute Gasteiger partial charge is 0.497 e. The van der Waals surface area contributed by atoms with Crippen molar-refractivity contribution < 1.29 is 19.1 Å². The van der Waals surface area contributed by atoms with Gasteiger partial charge in [0, 0.05) is 31.2 Å². The second kappa shape index (κ2) is 9.21. The van der Waals surface area contributed by atoms with E-state index in [1.54, 1.807) is 23.6 Å². The molecule has 1 aromatic heterocycles. The quantitative estimate of drug-likeness (QED) is 0.642. The highest BCUT2D eigenvalue weighted by Gasteiger charge is 2.33. The minimum Gasteiger partial charge on any atom is -0.497 e.